The fourth-order valence-electron chi connectivity index (χ4n) is 3.30. The summed E-state index contributed by atoms with van der Waals surface area (Å²) in [5, 5.41) is 10.8. The molecule has 0 spiro atoms. The predicted molar refractivity (Wildman–Crippen MR) is 76.0 cm³/mol. The highest BCUT2D eigenvalue weighted by molar-refractivity contribution is 5.38. The third-order valence-electron chi connectivity index (χ3n) is 4.09. The lowest BCUT2D eigenvalue weighted by atomic mass is 9.83. The first-order chi connectivity index (χ1) is 8.39. The average Bonchev–Trinajstić information content (AvgIpc) is 2.23. The van der Waals surface area contributed by atoms with Gasteiger partial charge in [-0.05, 0) is 63.9 Å². The SMILES string of the molecule is Cc1cc(C)c(CC2(O)CCCN(C)C2)c(C)c1. The van der Waals surface area contributed by atoms with Gasteiger partial charge in [-0.15, -0.1) is 0 Å². The molecule has 1 atom stereocenters. The van der Waals surface area contributed by atoms with Crippen LogP contribution in [0.25, 0.3) is 0 Å². The van der Waals surface area contributed by atoms with Gasteiger partial charge in [0.05, 0.1) is 5.60 Å². The molecule has 0 aromatic heterocycles. The van der Waals surface area contributed by atoms with E-state index in [1.165, 1.54) is 22.3 Å². The molecule has 1 aromatic rings. The van der Waals surface area contributed by atoms with Crippen LogP contribution >= 0.6 is 0 Å². The second-order valence-electron chi connectivity index (χ2n) is 6.12. The van der Waals surface area contributed by atoms with E-state index in [1.54, 1.807) is 0 Å². The van der Waals surface area contributed by atoms with E-state index in [0.29, 0.717) is 0 Å². The lowest BCUT2D eigenvalue weighted by molar-refractivity contribution is -0.0226. The molecule has 2 heteroatoms. The summed E-state index contributed by atoms with van der Waals surface area (Å²) in [6, 6.07) is 4.44. The average molecular weight is 247 g/mol. The predicted octanol–water partition coefficient (Wildman–Crippen LogP) is 2.61. The van der Waals surface area contributed by atoms with Crippen molar-refractivity contribution in [2.45, 2.75) is 45.6 Å². The summed E-state index contributed by atoms with van der Waals surface area (Å²) >= 11 is 0. The molecule has 0 saturated carbocycles. The van der Waals surface area contributed by atoms with Gasteiger partial charge < -0.3 is 10.0 Å². The smallest absolute Gasteiger partial charge is 0.0814 e. The maximum absolute atomic E-state index is 10.8. The van der Waals surface area contributed by atoms with Gasteiger partial charge in [-0.2, -0.15) is 0 Å². The molecule has 1 N–H and O–H groups in total. The third-order valence-corrected chi connectivity index (χ3v) is 4.09. The topological polar surface area (TPSA) is 23.5 Å². The summed E-state index contributed by atoms with van der Waals surface area (Å²) in [6.07, 6.45) is 2.80. The maximum atomic E-state index is 10.8. The Bertz CT molecular complexity index is 418. The minimum absolute atomic E-state index is 0.544. The van der Waals surface area contributed by atoms with Crippen LogP contribution in [-0.2, 0) is 6.42 Å². The van der Waals surface area contributed by atoms with Gasteiger partial charge in [0, 0.05) is 13.0 Å². The lowest BCUT2D eigenvalue weighted by Gasteiger charge is -2.38. The fraction of sp³-hybridized carbons (Fsp3) is 0.625. The molecule has 1 aliphatic heterocycles. The number of hydrogen-bond acceptors (Lipinski definition) is 2. The van der Waals surface area contributed by atoms with Gasteiger partial charge in [0.1, 0.15) is 0 Å². The molecule has 1 unspecified atom stereocenters. The molecule has 100 valence electrons. The van der Waals surface area contributed by atoms with Gasteiger partial charge in [0.2, 0.25) is 0 Å². The van der Waals surface area contributed by atoms with Crippen molar-refractivity contribution in [2.75, 3.05) is 20.1 Å². The number of piperidine rings is 1. The molecule has 0 radical (unpaired) electrons. The van der Waals surface area contributed by atoms with Gasteiger partial charge in [-0.25, -0.2) is 0 Å². The molecule has 1 aromatic carbocycles. The first kappa shape index (κ1) is 13.6. The zero-order valence-electron chi connectivity index (χ0n) is 12.1. The molecule has 0 aliphatic carbocycles. The van der Waals surface area contributed by atoms with Gasteiger partial charge in [-0.1, -0.05) is 17.7 Å². The minimum atomic E-state index is -0.544. The molecule has 2 rings (SSSR count). The number of likely N-dealkylation sites (tertiary alicyclic amines) is 1. The van der Waals surface area contributed by atoms with E-state index in [2.05, 4.69) is 44.9 Å². The number of aliphatic hydroxyl groups is 1. The minimum Gasteiger partial charge on any atom is -0.388 e. The van der Waals surface area contributed by atoms with Crippen LogP contribution in [0.1, 0.15) is 35.1 Å². The number of likely N-dealkylation sites (N-methyl/N-ethyl adjacent to an activating group) is 1. The molecule has 0 amide bonds. The van der Waals surface area contributed by atoms with Crippen molar-refractivity contribution < 1.29 is 5.11 Å². The first-order valence-electron chi connectivity index (χ1n) is 6.87. The van der Waals surface area contributed by atoms with E-state index < -0.39 is 5.60 Å². The Kier molecular flexibility index (Phi) is 3.79. The van der Waals surface area contributed by atoms with Crippen molar-refractivity contribution in [3.63, 3.8) is 0 Å². The number of rotatable bonds is 2. The van der Waals surface area contributed by atoms with E-state index in [4.69, 9.17) is 0 Å². The first-order valence-corrected chi connectivity index (χ1v) is 6.87. The summed E-state index contributed by atoms with van der Waals surface area (Å²) in [7, 11) is 2.10. The zero-order valence-corrected chi connectivity index (χ0v) is 12.1. The Balaban J connectivity index is 2.23. The highest BCUT2D eigenvalue weighted by Gasteiger charge is 2.32. The number of aryl methyl sites for hydroxylation is 3. The Morgan fingerprint density at radius 1 is 1.22 bits per heavy atom. The summed E-state index contributed by atoms with van der Waals surface area (Å²) in [4.78, 5) is 2.24. The standard InChI is InChI=1S/C16H25NO/c1-12-8-13(2)15(14(3)9-12)10-16(18)6-5-7-17(4)11-16/h8-9,18H,5-7,10-11H2,1-4H3. The number of β-amino-alcohol motifs (C(OH)–C–C–N with tert-alkyl or cyclic N) is 1. The van der Waals surface area contributed by atoms with Gasteiger partial charge >= 0.3 is 0 Å². The van der Waals surface area contributed by atoms with Crippen molar-refractivity contribution >= 4 is 0 Å². The van der Waals surface area contributed by atoms with Crippen LogP contribution in [0.3, 0.4) is 0 Å². The van der Waals surface area contributed by atoms with Crippen LogP contribution in [0, 0.1) is 20.8 Å². The van der Waals surface area contributed by atoms with Gasteiger partial charge in [-0.3, -0.25) is 0 Å². The second-order valence-corrected chi connectivity index (χ2v) is 6.12. The Hall–Kier alpha value is -0.860. The Morgan fingerprint density at radius 2 is 1.83 bits per heavy atom. The van der Waals surface area contributed by atoms with Crippen LogP contribution in [-0.4, -0.2) is 35.7 Å². The molecular formula is C16H25NO. The molecule has 1 fully saturated rings. The lowest BCUT2D eigenvalue weighted by Crippen LogP contribution is -2.48. The van der Waals surface area contributed by atoms with E-state index in [-0.39, 0.29) is 0 Å². The molecule has 1 aliphatic rings. The van der Waals surface area contributed by atoms with E-state index >= 15 is 0 Å². The van der Waals surface area contributed by atoms with Crippen LogP contribution in [0.2, 0.25) is 0 Å². The fourth-order valence-corrected chi connectivity index (χ4v) is 3.30. The highest BCUT2D eigenvalue weighted by Crippen LogP contribution is 2.28. The van der Waals surface area contributed by atoms with E-state index in [0.717, 1.165) is 32.4 Å². The van der Waals surface area contributed by atoms with Crippen molar-refractivity contribution in [3.8, 4) is 0 Å². The summed E-state index contributed by atoms with van der Waals surface area (Å²) in [5.74, 6) is 0. The monoisotopic (exact) mass is 247 g/mol. The van der Waals surface area contributed by atoms with Crippen molar-refractivity contribution in [1.82, 2.24) is 4.90 Å². The highest BCUT2D eigenvalue weighted by atomic mass is 16.3. The molecule has 1 saturated heterocycles. The van der Waals surface area contributed by atoms with Crippen molar-refractivity contribution in [2.24, 2.45) is 0 Å². The van der Waals surface area contributed by atoms with Gasteiger partial charge in [0.15, 0.2) is 0 Å². The Labute approximate surface area is 111 Å². The quantitative estimate of drug-likeness (QED) is 0.868. The van der Waals surface area contributed by atoms with E-state index in [9.17, 15) is 5.11 Å². The summed E-state index contributed by atoms with van der Waals surface area (Å²) < 4.78 is 0. The molecule has 2 nitrogen and oxygen atoms in total. The molecular weight excluding hydrogens is 222 g/mol. The van der Waals surface area contributed by atoms with Crippen LogP contribution < -0.4 is 0 Å². The molecule has 1 heterocycles. The molecule has 0 bridgehead atoms. The number of hydrogen-bond donors (Lipinski definition) is 1. The third kappa shape index (κ3) is 2.93. The van der Waals surface area contributed by atoms with Crippen LogP contribution in [0.4, 0.5) is 0 Å². The maximum Gasteiger partial charge on any atom is 0.0814 e. The largest absolute Gasteiger partial charge is 0.388 e. The van der Waals surface area contributed by atoms with Crippen LogP contribution in [0.5, 0.6) is 0 Å². The number of benzene rings is 1. The van der Waals surface area contributed by atoms with Gasteiger partial charge in [0.25, 0.3) is 0 Å². The van der Waals surface area contributed by atoms with E-state index in [1.807, 2.05) is 0 Å². The number of nitrogens with zero attached hydrogens (tertiary/aromatic N) is 1. The normalized spacial score (nSPS) is 25.4. The Morgan fingerprint density at radius 3 is 2.39 bits per heavy atom. The zero-order chi connectivity index (χ0) is 13.3. The van der Waals surface area contributed by atoms with Crippen molar-refractivity contribution in [3.05, 3.63) is 34.4 Å². The van der Waals surface area contributed by atoms with Crippen molar-refractivity contribution in [1.29, 1.82) is 0 Å². The summed E-state index contributed by atoms with van der Waals surface area (Å²) in [6.45, 7) is 8.34. The molecule has 18 heavy (non-hydrogen) atoms. The van der Waals surface area contributed by atoms with Crippen LogP contribution in [0.15, 0.2) is 12.1 Å². The summed E-state index contributed by atoms with van der Waals surface area (Å²) in [5.41, 5.74) is 4.72. The second kappa shape index (κ2) is 5.02.